The van der Waals surface area contributed by atoms with Crippen LogP contribution < -0.4 is 11.1 Å². The fourth-order valence-corrected chi connectivity index (χ4v) is 0.674. The highest BCUT2D eigenvalue weighted by molar-refractivity contribution is 5.86. The first-order valence-corrected chi connectivity index (χ1v) is 4.15. The molecule has 0 aromatic heterocycles. The Morgan fingerprint density at radius 2 is 1.77 bits per heavy atom. The summed E-state index contributed by atoms with van der Waals surface area (Å²) >= 11 is 0. The molecule has 13 heavy (non-hydrogen) atoms. The summed E-state index contributed by atoms with van der Waals surface area (Å²) in [6.45, 7) is 5.00. The number of nitrogens with one attached hydrogen (secondary N) is 1. The zero-order chi connectivity index (χ0) is 10.6. The van der Waals surface area contributed by atoms with Crippen LogP contribution in [-0.4, -0.2) is 29.1 Å². The molecule has 1 amide bonds. The number of carbonyl (C=O) groups is 2. The topological polar surface area (TPSA) is 92.4 Å². The molecular formula is C8H16N2O3. The minimum absolute atomic E-state index is 0.000921. The SMILES string of the molecule is CC(NC(=O)[C@@H](N)C(C)C)C(=O)O. The average Bonchev–Trinajstić information content (AvgIpc) is 2.02. The lowest BCUT2D eigenvalue weighted by Gasteiger charge is -2.17. The summed E-state index contributed by atoms with van der Waals surface area (Å²) in [5.41, 5.74) is 5.50. The van der Waals surface area contributed by atoms with E-state index in [2.05, 4.69) is 5.32 Å². The van der Waals surface area contributed by atoms with Crippen molar-refractivity contribution < 1.29 is 14.7 Å². The molecule has 0 bridgehead atoms. The third kappa shape index (κ3) is 3.89. The summed E-state index contributed by atoms with van der Waals surface area (Å²) in [6.07, 6.45) is 0. The van der Waals surface area contributed by atoms with Crippen LogP contribution in [0.3, 0.4) is 0 Å². The number of carboxylic acid groups (broad SMARTS) is 1. The minimum atomic E-state index is -1.07. The molecule has 0 aromatic rings. The number of aliphatic carboxylic acids is 1. The molecule has 4 N–H and O–H groups in total. The molecule has 0 aliphatic rings. The highest BCUT2D eigenvalue weighted by Crippen LogP contribution is 1.98. The van der Waals surface area contributed by atoms with Crippen molar-refractivity contribution in [2.24, 2.45) is 11.7 Å². The second-order valence-corrected chi connectivity index (χ2v) is 3.34. The van der Waals surface area contributed by atoms with E-state index in [4.69, 9.17) is 10.8 Å². The maximum absolute atomic E-state index is 11.2. The Morgan fingerprint density at radius 1 is 1.31 bits per heavy atom. The van der Waals surface area contributed by atoms with Gasteiger partial charge < -0.3 is 16.2 Å². The van der Waals surface area contributed by atoms with Crippen LogP contribution in [0.4, 0.5) is 0 Å². The van der Waals surface area contributed by atoms with Gasteiger partial charge in [0.05, 0.1) is 6.04 Å². The Kier molecular flexibility index (Phi) is 4.40. The second-order valence-electron chi connectivity index (χ2n) is 3.34. The number of carboxylic acids is 1. The van der Waals surface area contributed by atoms with Crippen LogP contribution in [0, 0.1) is 5.92 Å². The molecule has 76 valence electrons. The lowest BCUT2D eigenvalue weighted by Crippen LogP contribution is -2.49. The van der Waals surface area contributed by atoms with Crippen molar-refractivity contribution in [3.63, 3.8) is 0 Å². The molecule has 0 saturated carbocycles. The zero-order valence-corrected chi connectivity index (χ0v) is 8.07. The Morgan fingerprint density at radius 3 is 2.08 bits per heavy atom. The number of carbonyl (C=O) groups excluding carboxylic acids is 1. The second kappa shape index (κ2) is 4.81. The highest BCUT2D eigenvalue weighted by atomic mass is 16.4. The van der Waals surface area contributed by atoms with Crippen molar-refractivity contribution >= 4 is 11.9 Å². The monoisotopic (exact) mass is 188 g/mol. The van der Waals surface area contributed by atoms with E-state index in [0.717, 1.165) is 0 Å². The molecule has 0 aliphatic carbocycles. The summed E-state index contributed by atoms with van der Waals surface area (Å²) < 4.78 is 0. The van der Waals surface area contributed by atoms with Crippen molar-refractivity contribution in [1.82, 2.24) is 5.32 Å². The van der Waals surface area contributed by atoms with Gasteiger partial charge in [-0.15, -0.1) is 0 Å². The quantitative estimate of drug-likeness (QED) is 0.557. The summed E-state index contributed by atoms with van der Waals surface area (Å²) in [7, 11) is 0. The first-order chi connectivity index (χ1) is 5.86. The third-order valence-electron chi connectivity index (χ3n) is 1.75. The molecule has 5 heteroatoms. The highest BCUT2D eigenvalue weighted by Gasteiger charge is 2.21. The number of rotatable bonds is 4. The molecule has 0 aromatic carbocycles. The van der Waals surface area contributed by atoms with Gasteiger partial charge in [0.1, 0.15) is 6.04 Å². The van der Waals surface area contributed by atoms with E-state index in [1.165, 1.54) is 6.92 Å². The van der Waals surface area contributed by atoms with E-state index in [9.17, 15) is 9.59 Å². The normalized spacial score (nSPS) is 15.2. The van der Waals surface area contributed by atoms with Crippen LogP contribution in [0.2, 0.25) is 0 Å². The summed E-state index contributed by atoms with van der Waals surface area (Å²) in [5, 5.41) is 10.8. The van der Waals surface area contributed by atoms with Gasteiger partial charge in [0.2, 0.25) is 5.91 Å². The number of hydrogen-bond donors (Lipinski definition) is 3. The average molecular weight is 188 g/mol. The first kappa shape index (κ1) is 11.9. The first-order valence-electron chi connectivity index (χ1n) is 4.15. The Balaban J connectivity index is 4.08. The molecule has 0 aliphatic heterocycles. The van der Waals surface area contributed by atoms with Crippen LogP contribution in [0.5, 0.6) is 0 Å². The molecule has 2 atom stereocenters. The van der Waals surface area contributed by atoms with Crippen LogP contribution >= 0.6 is 0 Å². The predicted octanol–water partition coefficient (Wildman–Crippen LogP) is -0.441. The van der Waals surface area contributed by atoms with Gasteiger partial charge >= 0.3 is 5.97 Å². The molecule has 1 unspecified atom stereocenters. The van der Waals surface area contributed by atoms with Gasteiger partial charge in [-0.2, -0.15) is 0 Å². The molecule has 5 nitrogen and oxygen atoms in total. The van der Waals surface area contributed by atoms with Crippen molar-refractivity contribution in [1.29, 1.82) is 0 Å². The lowest BCUT2D eigenvalue weighted by molar-refractivity contribution is -0.141. The standard InChI is InChI=1S/C8H16N2O3/c1-4(2)6(9)7(11)10-5(3)8(12)13/h4-6H,9H2,1-3H3,(H,10,11)(H,12,13)/t5?,6-/m0/s1. The van der Waals surface area contributed by atoms with E-state index < -0.39 is 24.0 Å². The van der Waals surface area contributed by atoms with Gasteiger partial charge in [0.15, 0.2) is 0 Å². The van der Waals surface area contributed by atoms with Crippen molar-refractivity contribution in [2.75, 3.05) is 0 Å². The fourth-order valence-electron chi connectivity index (χ4n) is 0.674. The van der Waals surface area contributed by atoms with E-state index in [0.29, 0.717) is 0 Å². The third-order valence-corrected chi connectivity index (χ3v) is 1.75. The van der Waals surface area contributed by atoms with E-state index in [-0.39, 0.29) is 5.92 Å². The Hall–Kier alpha value is -1.10. The van der Waals surface area contributed by atoms with Crippen LogP contribution in [0.15, 0.2) is 0 Å². The van der Waals surface area contributed by atoms with Crippen molar-refractivity contribution in [3.05, 3.63) is 0 Å². The van der Waals surface area contributed by atoms with E-state index >= 15 is 0 Å². The van der Waals surface area contributed by atoms with Gasteiger partial charge in [0.25, 0.3) is 0 Å². The Bertz CT molecular complexity index is 204. The van der Waals surface area contributed by atoms with Crippen LogP contribution in [0.1, 0.15) is 20.8 Å². The molecule has 0 heterocycles. The lowest BCUT2D eigenvalue weighted by atomic mass is 10.0. The molecule has 0 saturated heterocycles. The molecule has 0 rings (SSSR count). The van der Waals surface area contributed by atoms with E-state index in [1.807, 2.05) is 0 Å². The number of hydrogen-bond acceptors (Lipinski definition) is 3. The zero-order valence-electron chi connectivity index (χ0n) is 8.07. The molecular weight excluding hydrogens is 172 g/mol. The van der Waals surface area contributed by atoms with Gasteiger partial charge in [-0.05, 0) is 12.8 Å². The van der Waals surface area contributed by atoms with E-state index in [1.54, 1.807) is 13.8 Å². The van der Waals surface area contributed by atoms with Gasteiger partial charge in [-0.25, -0.2) is 0 Å². The summed E-state index contributed by atoms with van der Waals surface area (Å²) in [4.78, 5) is 21.6. The number of nitrogens with two attached hydrogens (primary N) is 1. The largest absolute Gasteiger partial charge is 0.480 e. The van der Waals surface area contributed by atoms with Crippen LogP contribution in [-0.2, 0) is 9.59 Å². The molecule has 0 radical (unpaired) electrons. The maximum atomic E-state index is 11.2. The van der Waals surface area contributed by atoms with Crippen LogP contribution in [0.25, 0.3) is 0 Å². The summed E-state index contributed by atoms with van der Waals surface area (Å²) in [6, 6.07) is -1.54. The van der Waals surface area contributed by atoms with Crippen molar-refractivity contribution in [2.45, 2.75) is 32.9 Å². The Labute approximate surface area is 77.3 Å². The summed E-state index contributed by atoms with van der Waals surface area (Å²) in [5.74, 6) is -1.49. The van der Waals surface area contributed by atoms with Gasteiger partial charge in [-0.3, -0.25) is 9.59 Å². The maximum Gasteiger partial charge on any atom is 0.325 e. The van der Waals surface area contributed by atoms with Gasteiger partial charge in [0, 0.05) is 0 Å². The molecule has 0 fully saturated rings. The smallest absolute Gasteiger partial charge is 0.325 e. The van der Waals surface area contributed by atoms with Crippen molar-refractivity contribution in [3.8, 4) is 0 Å². The predicted molar refractivity (Wildman–Crippen MR) is 48.1 cm³/mol. The minimum Gasteiger partial charge on any atom is -0.480 e. The number of amides is 1. The fraction of sp³-hybridized carbons (Fsp3) is 0.750. The van der Waals surface area contributed by atoms with Gasteiger partial charge in [-0.1, -0.05) is 13.8 Å². The molecule has 0 spiro atoms.